The van der Waals surface area contributed by atoms with Crippen LogP contribution in [0.15, 0.2) is 0 Å². The number of hydrogen-bond acceptors (Lipinski definition) is 4. The highest BCUT2D eigenvalue weighted by molar-refractivity contribution is 4.97. The van der Waals surface area contributed by atoms with E-state index in [1.54, 1.807) is 0 Å². The Morgan fingerprint density at radius 3 is 2.76 bits per heavy atom. The number of aliphatic hydroxyl groups excluding tert-OH is 1. The molecular formula is C13H23NO3. The summed E-state index contributed by atoms with van der Waals surface area (Å²) in [5.41, 5.74) is 0.198. The first kappa shape index (κ1) is 11.9. The molecule has 17 heavy (non-hydrogen) atoms. The Morgan fingerprint density at radius 1 is 1.24 bits per heavy atom. The third kappa shape index (κ3) is 2.50. The molecule has 2 aliphatic heterocycles. The van der Waals surface area contributed by atoms with Crippen LogP contribution in [0.25, 0.3) is 0 Å². The summed E-state index contributed by atoms with van der Waals surface area (Å²) < 4.78 is 11.4. The summed E-state index contributed by atoms with van der Waals surface area (Å²) in [6, 6.07) is 0.537. The Hall–Kier alpha value is -0.160. The molecule has 2 saturated heterocycles. The lowest BCUT2D eigenvalue weighted by Gasteiger charge is -2.38. The lowest BCUT2D eigenvalue weighted by Crippen LogP contribution is -2.48. The van der Waals surface area contributed by atoms with Crippen LogP contribution in [0.3, 0.4) is 0 Å². The minimum Gasteiger partial charge on any atom is -0.396 e. The van der Waals surface area contributed by atoms with Gasteiger partial charge in [0.05, 0.1) is 12.2 Å². The van der Waals surface area contributed by atoms with E-state index >= 15 is 0 Å². The van der Waals surface area contributed by atoms with Gasteiger partial charge in [0.15, 0.2) is 0 Å². The van der Waals surface area contributed by atoms with E-state index in [0.29, 0.717) is 12.6 Å². The van der Waals surface area contributed by atoms with Crippen LogP contribution >= 0.6 is 0 Å². The number of aliphatic hydroxyl groups is 1. The molecule has 0 radical (unpaired) electrons. The van der Waals surface area contributed by atoms with E-state index in [0.717, 1.165) is 45.6 Å². The highest BCUT2D eigenvalue weighted by Gasteiger charge is 2.44. The molecule has 3 aliphatic rings. The number of hydrogen-bond donors (Lipinski definition) is 2. The van der Waals surface area contributed by atoms with Crippen LogP contribution in [-0.2, 0) is 9.47 Å². The third-order valence-electron chi connectivity index (χ3n) is 4.62. The van der Waals surface area contributed by atoms with E-state index in [4.69, 9.17) is 9.47 Å². The van der Waals surface area contributed by atoms with E-state index in [1.807, 2.05) is 0 Å². The highest BCUT2D eigenvalue weighted by Crippen LogP contribution is 2.44. The topological polar surface area (TPSA) is 50.7 Å². The Kier molecular flexibility index (Phi) is 3.15. The molecule has 1 saturated carbocycles. The van der Waals surface area contributed by atoms with E-state index in [-0.39, 0.29) is 11.0 Å². The van der Waals surface area contributed by atoms with Crippen molar-refractivity contribution in [2.75, 3.05) is 33.0 Å². The molecule has 2 heterocycles. The number of ether oxygens (including phenoxy) is 2. The summed E-state index contributed by atoms with van der Waals surface area (Å²) in [6.07, 6.45) is 5.54. The molecule has 1 aliphatic carbocycles. The zero-order valence-electron chi connectivity index (χ0n) is 10.4. The normalized spacial score (nSPS) is 39.7. The largest absolute Gasteiger partial charge is 0.396 e. The highest BCUT2D eigenvalue weighted by atomic mass is 16.6. The smallest absolute Gasteiger partial charge is 0.0951 e. The van der Waals surface area contributed by atoms with Gasteiger partial charge in [-0.15, -0.1) is 0 Å². The van der Waals surface area contributed by atoms with Crippen LogP contribution in [0.4, 0.5) is 0 Å². The molecule has 0 aromatic heterocycles. The van der Waals surface area contributed by atoms with Crippen molar-refractivity contribution >= 4 is 0 Å². The SMILES string of the molecule is OCC1(CNC2CCOC3(CCOC3)C2)CC1. The van der Waals surface area contributed by atoms with Crippen molar-refractivity contribution in [2.24, 2.45) is 5.41 Å². The second kappa shape index (κ2) is 4.50. The summed E-state index contributed by atoms with van der Waals surface area (Å²) in [5, 5.41) is 12.9. The maximum absolute atomic E-state index is 9.31. The lowest BCUT2D eigenvalue weighted by molar-refractivity contribution is -0.0898. The summed E-state index contributed by atoms with van der Waals surface area (Å²) in [5.74, 6) is 0. The first-order chi connectivity index (χ1) is 8.26. The third-order valence-corrected chi connectivity index (χ3v) is 4.62. The van der Waals surface area contributed by atoms with Gasteiger partial charge in [-0.1, -0.05) is 0 Å². The molecule has 2 unspecified atom stereocenters. The van der Waals surface area contributed by atoms with Crippen LogP contribution in [0.5, 0.6) is 0 Å². The fourth-order valence-corrected chi connectivity index (χ4v) is 2.99. The predicted molar refractivity (Wildman–Crippen MR) is 63.9 cm³/mol. The molecule has 0 aromatic carbocycles. The minimum absolute atomic E-state index is 0.00809. The maximum Gasteiger partial charge on any atom is 0.0951 e. The summed E-state index contributed by atoms with van der Waals surface area (Å²) in [6.45, 7) is 3.74. The van der Waals surface area contributed by atoms with E-state index in [1.165, 1.54) is 12.8 Å². The van der Waals surface area contributed by atoms with Gasteiger partial charge in [0.25, 0.3) is 0 Å². The zero-order chi connectivity index (χ0) is 11.8. The van der Waals surface area contributed by atoms with Crippen molar-refractivity contribution in [3.63, 3.8) is 0 Å². The van der Waals surface area contributed by atoms with Gasteiger partial charge in [0, 0.05) is 44.2 Å². The summed E-state index contributed by atoms with van der Waals surface area (Å²) >= 11 is 0. The van der Waals surface area contributed by atoms with E-state index in [9.17, 15) is 5.11 Å². The van der Waals surface area contributed by atoms with Crippen LogP contribution < -0.4 is 5.32 Å². The van der Waals surface area contributed by atoms with E-state index in [2.05, 4.69) is 5.32 Å². The molecule has 0 bridgehead atoms. The molecule has 1 spiro atoms. The fraction of sp³-hybridized carbons (Fsp3) is 1.00. The van der Waals surface area contributed by atoms with Gasteiger partial charge in [-0.25, -0.2) is 0 Å². The molecule has 0 amide bonds. The van der Waals surface area contributed by atoms with Gasteiger partial charge in [-0.2, -0.15) is 0 Å². The molecule has 2 atom stereocenters. The monoisotopic (exact) mass is 241 g/mol. The molecule has 4 heteroatoms. The average molecular weight is 241 g/mol. The first-order valence-electron chi connectivity index (χ1n) is 6.82. The molecule has 3 fully saturated rings. The van der Waals surface area contributed by atoms with E-state index < -0.39 is 0 Å². The molecule has 98 valence electrons. The van der Waals surface area contributed by atoms with Gasteiger partial charge in [0.1, 0.15) is 0 Å². The Morgan fingerprint density at radius 2 is 2.12 bits per heavy atom. The van der Waals surface area contributed by atoms with Crippen LogP contribution in [0.2, 0.25) is 0 Å². The molecular weight excluding hydrogens is 218 g/mol. The average Bonchev–Trinajstić information content (AvgIpc) is 3.03. The molecule has 3 rings (SSSR count). The van der Waals surface area contributed by atoms with Crippen molar-refractivity contribution in [3.05, 3.63) is 0 Å². The van der Waals surface area contributed by atoms with Crippen molar-refractivity contribution in [1.29, 1.82) is 0 Å². The Balaban J connectivity index is 1.50. The van der Waals surface area contributed by atoms with Crippen LogP contribution in [-0.4, -0.2) is 49.7 Å². The first-order valence-corrected chi connectivity index (χ1v) is 6.82. The molecule has 2 N–H and O–H groups in total. The van der Waals surface area contributed by atoms with Crippen LogP contribution in [0.1, 0.15) is 32.1 Å². The Bertz CT molecular complexity index is 272. The van der Waals surface area contributed by atoms with Gasteiger partial charge < -0.3 is 19.9 Å². The standard InChI is InChI=1S/C13H23NO3/c15-9-12(2-3-12)8-14-11-1-5-17-13(7-11)4-6-16-10-13/h11,14-15H,1-10H2. The van der Waals surface area contributed by atoms with Gasteiger partial charge in [0.2, 0.25) is 0 Å². The Labute approximate surface area is 103 Å². The van der Waals surface area contributed by atoms with Crippen molar-refractivity contribution < 1.29 is 14.6 Å². The maximum atomic E-state index is 9.31. The number of rotatable bonds is 4. The summed E-state index contributed by atoms with van der Waals surface area (Å²) in [7, 11) is 0. The van der Waals surface area contributed by atoms with Crippen LogP contribution in [0, 0.1) is 5.41 Å². The zero-order valence-corrected chi connectivity index (χ0v) is 10.4. The number of nitrogens with one attached hydrogen (secondary N) is 1. The van der Waals surface area contributed by atoms with Gasteiger partial charge in [-0.05, 0) is 25.7 Å². The second-order valence-electron chi connectivity index (χ2n) is 6.06. The van der Waals surface area contributed by atoms with Gasteiger partial charge >= 0.3 is 0 Å². The predicted octanol–water partition coefficient (Wildman–Crippen LogP) is 0.687. The van der Waals surface area contributed by atoms with Crippen molar-refractivity contribution in [2.45, 2.75) is 43.7 Å². The molecule has 0 aromatic rings. The second-order valence-corrected chi connectivity index (χ2v) is 6.06. The van der Waals surface area contributed by atoms with Crippen molar-refractivity contribution in [3.8, 4) is 0 Å². The summed E-state index contributed by atoms with van der Waals surface area (Å²) in [4.78, 5) is 0. The molecule has 4 nitrogen and oxygen atoms in total. The fourth-order valence-electron chi connectivity index (χ4n) is 2.99. The lowest BCUT2D eigenvalue weighted by atomic mass is 9.89. The van der Waals surface area contributed by atoms with Crippen molar-refractivity contribution in [1.82, 2.24) is 5.32 Å². The quantitative estimate of drug-likeness (QED) is 0.760. The minimum atomic E-state index is -0.00809. The van der Waals surface area contributed by atoms with Gasteiger partial charge in [-0.3, -0.25) is 0 Å².